The Morgan fingerprint density at radius 1 is 1.37 bits per heavy atom. The normalized spacial score (nSPS) is 26.0. The van der Waals surface area contributed by atoms with E-state index in [1.54, 1.807) is 7.11 Å². The van der Waals surface area contributed by atoms with Crippen molar-refractivity contribution in [1.82, 2.24) is 10.3 Å². The van der Waals surface area contributed by atoms with Gasteiger partial charge in [0.15, 0.2) is 0 Å². The third-order valence-corrected chi connectivity index (χ3v) is 3.67. The SMILES string of the molecule is CCNC1CC(Oc2ccc(C)nc2CC)C1OC. The van der Waals surface area contributed by atoms with Crippen molar-refractivity contribution in [3.05, 3.63) is 23.5 Å². The highest BCUT2D eigenvalue weighted by Crippen LogP contribution is 2.30. The van der Waals surface area contributed by atoms with Crippen LogP contribution in [0.3, 0.4) is 0 Å². The summed E-state index contributed by atoms with van der Waals surface area (Å²) in [6.45, 7) is 7.18. The summed E-state index contributed by atoms with van der Waals surface area (Å²) in [6.07, 6.45) is 2.14. The first-order chi connectivity index (χ1) is 9.19. The van der Waals surface area contributed by atoms with Crippen LogP contribution in [0, 0.1) is 6.92 Å². The number of methoxy groups -OCH3 is 1. The number of rotatable bonds is 6. The molecule has 0 aromatic carbocycles. The van der Waals surface area contributed by atoms with Gasteiger partial charge < -0.3 is 14.8 Å². The number of nitrogens with zero attached hydrogens (tertiary/aromatic N) is 1. The molecule has 0 bridgehead atoms. The fourth-order valence-corrected chi connectivity index (χ4v) is 2.60. The number of hydrogen-bond donors (Lipinski definition) is 1. The first kappa shape index (κ1) is 14.3. The van der Waals surface area contributed by atoms with Crippen molar-refractivity contribution >= 4 is 0 Å². The molecule has 1 fully saturated rings. The molecule has 3 atom stereocenters. The van der Waals surface area contributed by atoms with E-state index in [-0.39, 0.29) is 12.2 Å². The van der Waals surface area contributed by atoms with E-state index in [2.05, 4.69) is 24.1 Å². The first-order valence-corrected chi connectivity index (χ1v) is 7.08. The molecular weight excluding hydrogens is 240 g/mol. The van der Waals surface area contributed by atoms with Gasteiger partial charge in [-0.05, 0) is 32.0 Å². The molecule has 0 aliphatic heterocycles. The molecule has 2 rings (SSSR count). The molecule has 1 aliphatic rings. The van der Waals surface area contributed by atoms with Crippen molar-refractivity contribution in [1.29, 1.82) is 0 Å². The lowest BCUT2D eigenvalue weighted by atomic mass is 9.85. The quantitative estimate of drug-likeness (QED) is 0.854. The van der Waals surface area contributed by atoms with Crippen LogP contribution >= 0.6 is 0 Å². The number of pyridine rings is 1. The fraction of sp³-hybridized carbons (Fsp3) is 0.667. The molecule has 106 valence electrons. The Hall–Kier alpha value is -1.13. The molecular formula is C15H24N2O2. The Morgan fingerprint density at radius 3 is 2.79 bits per heavy atom. The molecule has 3 unspecified atom stereocenters. The molecule has 0 amide bonds. The lowest BCUT2D eigenvalue weighted by Gasteiger charge is -2.43. The van der Waals surface area contributed by atoms with Crippen LogP contribution in [0.4, 0.5) is 0 Å². The van der Waals surface area contributed by atoms with Crippen LogP contribution in [0.2, 0.25) is 0 Å². The van der Waals surface area contributed by atoms with E-state index in [0.717, 1.165) is 36.5 Å². The molecule has 4 heteroatoms. The average Bonchev–Trinajstić information content (AvgIpc) is 2.39. The van der Waals surface area contributed by atoms with Crippen LogP contribution in [0.5, 0.6) is 5.75 Å². The topological polar surface area (TPSA) is 43.4 Å². The molecule has 0 spiro atoms. The smallest absolute Gasteiger partial charge is 0.141 e. The van der Waals surface area contributed by atoms with Crippen LogP contribution in [-0.4, -0.2) is 36.9 Å². The summed E-state index contributed by atoms with van der Waals surface area (Å²) in [6, 6.07) is 4.43. The second kappa shape index (κ2) is 6.35. The summed E-state index contributed by atoms with van der Waals surface area (Å²) in [5.74, 6) is 0.898. The summed E-state index contributed by atoms with van der Waals surface area (Å²) in [5.41, 5.74) is 2.06. The Kier molecular flexibility index (Phi) is 4.77. The number of aryl methyl sites for hydroxylation is 2. The zero-order valence-corrected chi connectivity index (χ0v) is 12.3. The van der Waals surface area contributed by atoms with Crippen molar-refractivity contribution in [3.8, 4) is 5.75 Å². The van der Waals surface area contributed by atoms with E-state index >= 15 is 0 Å². The number of aromatic nitrogens is 1. The van der Waals surface area contributed by atoms with Crippen molar-refractivity contribution in [2.45, 2.75) is 51.9 Å². The number of nitrogens with one attached hydrogen (secondary N) is 1. The van der Waals surface area contributed by atoms with Crippen LogP contribution in [-0.2, 0) is 11.2 Å². The Labute approximate surface area is 115 Å². The van der Waals surface area contributed by atoms with E-state index in [9.17, 15) is 0 Å². The van der Waals surface area contributed by atoms with E-state index in [1.165, 1.54) is 0 Å². The molecule has 1 aromatic heterocycles. The lowest BCUT2D eigenvalue weighted by molar-refractivity contribution is -0.0887. The number of hydrogen-bond acceptors (Lipinski definition) is 4. The van der Waals surface area contributed by atoms with Gasteiger partial charge in [-0.3, -0.25) is 4.98 Å². The van der Waals surface area contributed by atoms with Gasteiger partial charge >= 0.3 is 0 Å². The van der Waals surface area contributed by atoms with E-state index in [1.807, 2.05) is 19.1 Å². The first-order valence-electron chi connectivity index (χ1n) is 7.08. The van der Waals surface area contributed by atoms with E-state index < -0.39 is 0 Å². The minimum absolute atomic E-state index is 0.129. The highest BCUT2D eigenvalue weighted by molar-refractivity contribution is 5.30. The van der Waals surface area contributed by atoms with Crippen molar-refractivity contribution in [3.63, 3.8) is 0 Å². The maximum absolute atomic E-state index is 6.08. The van der Waals surface area contributed by atoms with Crippen molar-refractivity contribution in [2.24, 2.45) is 0 Å². The largest absolute Gasteiger partial charge is 0.486 e. The second-order valence-electron chi connectivity index (χ2n) is 5.01. The van der Waals surface area contributed by atoms with Gasteiger partial charge in [0.25, 0.3) is 0 Å². The maximum Gasteiger partial charge on any atom is 0.141 e. The summed E-state index contributed by atoms with van der Waals surface area (Å²) in [4.78, 5) is 4.53. The van der Waals surface area contributed by atoms with Crippen LogP contribution in [0.1, 0.15) is 31.7 Å². The third kappa shape index (κ3) is 3.07. The average molecular weight is 264 g/mol. The van der Waals surface area contributed by atoms with Crippen LogP contribution in [0.15, 0.2) is 12.1 Å². The molecule has 0 saturated heterocycles. The second-order valence-corrected chi connectivity index (χ2v) is 5.01. The van der Waals surface area contributed by atoms with Gasteiger partial charge in [0.2, 0.25) is 0 Å². The van der Waals surface area contributed by atoms with Gasteiger partial charge in [-0.1, -0.05) is 13.8 Å². The predicted octanol–water partition coefficient (Wildman–Crippen LogP) is 2.10. The molecule has 1 saturated carbocycles. The van der Waals surface area contributed by atoms with Crippen LogP contribution < -0.4 is 10.1 Å². The lowest BCUT2D eigenvalue weighted by Crippen LogP contribution is -2.60. The van der Waals surface area contributed by atoms with Gasteiger partial charge in [-0.25, -0.2) is 0 Å². The van der Waals surface area contributed by atoms with E-state index in [4.69, 9.17) is 9.47 Å². The number of ether oxygens (including phenoxy) is 2. The summed E-state index contributed by atoms with van der Waals surface area (Å²) in [5, 5.41) is 3.42. The predicted molar refractivity (Wildman–Crippen MR) is 75.6 cm³/mol. The third-order valence-electron chi connectivity index (χ3n) is 3.67. The molecule has 1 aromatic rings. The zero-order chi connectivity index (χ0) is 13.8. The van der Waals surface area contributed by atoms with Crippen LogP contribution in [0.25, 0.3) is 0 Å². The van der Waals surface area contributed by atoms with Gasteiger partial charge in [-0.15, -0.1) is 0 Å². The zero-order valence-electron chi connectivity index (χ0n) is 12.3. The molecule has 1 heterocycles. The van der Waals surface area contributed by atoms with Gasteiger partial charge in [0, 0.05) is 25.3 Å². The Morgan fingerprint density at radius 2 is 2.16 bits per heavy atom. The van der Waals surface area contributed by atoms with Crippen molar-refractivity contribution < 1.29 is 9.47 Å². The highest BCUT2D eigenvalue weighted by Gasteiger charge is 2.43. The maximum atomic E-state index is 6.08. The standard InChI is InChI=1S/C15H24N2O2/c1-5-11-13(8-7-10(3)17-11)19-14-9-12(16-6-2)15(14)18-4/h7-8,12,14-16H,5-6,9H2,1-4H3. The molecule has 1 N–H and O–H groups in total. The minimum Gasteiger partial charge on any atom is -0.486 e. The molecule has 19 heavy (non-hydrogen) atoms. The fourth-order valence-electron chi connectivity index (χ4n) is 2.60. The summed E-state index contributed by atoms with van der Waals surface area (Å²) >= 11 is 0. The summed E-state index contributed by atoms with van der Waals surface area (Å²) in [7, 11) is 1.75. The Balaban J connectivity index is 2.02. The van der Waals surface area contributed by atoms with Gasteiger partial charge in [0.05, 0.1) is 5.69 Å². The van der Waals surface area contributed by atoms with Crippen molar-refractivity contribution in [2.75, 3.05) is 13.7 Å². The van der Waals surface area contributed by atoms with Gasteiger partial charge in [0.1, 0.15) is 18.0 Å². The van der Waals surface area contributed by atoms with Gasteiger partial charge in [-0.2, -0.15) is 0 Å². The molecule has 1 aliphatic carbocycles. The molecule has 4 nitrogen and oxygen atoms in total. The monoisotopic (exact) mass is 264 g/mol. The molecule has 0 radical (unpaired) electrons. The number of likely N-dealkylation sites (N-methyl/N-ethyl adjacent to an activating group) is 1. The minimum atomic E-state index is 0.129. The summed E-state index contributed by atoms with van der Waals surface area (Å²) < 4.78 is 11.6. The Bertz CT molecular complexity index is 423. The highest BCUT2D eigenvalue weighted by atomic mass is 16.5. The van der Waals surface area contributed by atoms with E-state index in [0.29, 0.717) is 6.04 Å².